The minimum atomic E-state index is -1.16. The fraction of sp³-hybridized carbons (Fsp3) is 0.273. The molecule has 0 fully saturated rings. The summed E-state index contributed by atoms with van der Waals surface area (Å²) >= 11 is 0. The third-order valence-corrected chi connectivity index (χ3v) is 4.22. The number of rotatable bonds is 12. The Morgan fingerprint density at radius 1 is 0.677 bits per heavy atom. The predicted molar refractivity (Wildman–Crippen MR) is 114 cm³/mol. The summed E-state index contributed by atoms with van der Waals surface area (Å²) in [6.07, 6.45) is 0.362. The van der Waals surface area contributed by atoms with Gasteiger partial charge in [-0.2, -0.15) is 0 Å². The number of nitrogens with one attached hydrogen (secondary N) is 3. The molecule has 0 spiro atoms. The van der Waals surface area contributed by atoms with Crippen LogP contribution in [0, 0.1) is 0 Å². The first-order valence-corrected chi connectivity index (χ1v) is 9.74. The van der Waals surface area contributed by atoms with Crippen LogP contribution in [0.25, 0.3) is 0 Å². The van der Waals surface area contributed by atoms with Crippen LogP contribution >= 0.6 is 0 Å². The molecule has 0 unspecified atom stereocenters. The molecule has 2 aromatic carbocycles. The number of aliphatic carboxylic acids is 1. The molecule has 9 nitrogen and oxygen atoms in total. The van der Waals surface area contributed by atoms with Crippen molar-refractivity contribution >= 4 is 23.7 Å². The van der Waals surface area contributed by atoms with Gasteiger partial charge in [-0.15, -0.1) is 0 Å². The second-order valence-corrected chi connectivity index (χ2v) is 6.84. The summed E-state index contributed by atoms with van der Waals surface area (Å²) in [5, 5.41) is 16.4. The standard InChI is InChI=1S/C22H26N4O5/c27-19(11-17-7-3-1-4-8-17)24-15-26(14-21(29)23-13-22(30)31)16-25-20(28)12-18-9-5-2-6-10-18/h1-10H,11-16H2,(H,23,29)(H,24,27)(H,25,28)(H,30,31). The number of carboxylic acids is 1. The number of amides is 3. The van der Waals surface area contributed by atoms with Gasteiger partial charge in [0.25, 0.3) is 0 Å². The van der Waals surface area contributed by atoms with Crippen molar-refractivity contribution in [2.75, 3.05) is 26.4 Å². The van der Waals surface area contributed by atoms with Crippen LogP contribution in [0.1, 0.15) is 11.1 Å². The molecule has 0 atom stereocenters. The van der Waals surface area contributed by atoms with Gasteiger partial charge in [0.15, 0.2) is 0 Å². The molecule has 0 aromatic heterocycles. The Morgan fingerprint density at radius 2 is 1.13 bits per heavy atom. The molecule has 0 aliphatic carbocycles. The van der Waals surface area contributed by atoms with Crippen LogP contribution in [0.5, 0.6) is 0 Å². The lowest BCUT2D eigenvalue weighted by molar-refractivity contribution is -0.138. The van der Waals surface area contributed by atoms with Crippen molar-refractivity contribution in [3.05, 3.63) is 71.8 Å². The Labute approximate surface area is 180 Å². The zero-order valence-electron chi connectivity index (χ0n) is 17.0. The Hall–Kier alpha value is -3.72. The van der Waals surface area contributed by atoms with Crippen molar-refractivity contribution in [1.82, 2.24) is 20.9 Å². The summed E-state index contributed by atoms with van der Waals surface area (Å²) in [4.78, 5) is 48.5. The van der Waals surface area contributed by atoms with E-state index < -0.39 is 18.4 Å². The zero-order chi connectivity index (χ0) is 22.5. The molecule has 0 radical (unpaired) electrons. The van der Waals surface area contributed by atoms with Crippen molar-refractivity contribution in [2.45, 2.75) is 12.8 Å². The van der Waals surface area contributed by atoms with Gasteiger partial charge >= 0.3 is 5.97 Å². The highest BCUT2D eigenvalue weighted by molar-refractivity contribution is 5.83. The first-order valence-electron chi connectivity index (χ1n) is 9.74. The highest BCUT2D eigenvalue weighted by Gasteiger charge is 2.14. The van der Waals surface area contributed by atoms with Gasteiger partial charge in [-0.3, -0.25) is 24.1 Å². The van der Waals surface area contributed by atoms with Gasteiger partial charge in [-0.25, -0.2) is 0 Å². The molecule has 0 aliphatic heterocycles. The zero-order valence-corrected chi connectivity index (χ0v) is 17.0. The van der Waals surface area contributed by atoms with Gasteiger partial charge in [0, 0.05) is 0 Å². The number of hydrogen-bond donors (Lipinski definition) is 4. The molecule has 0 saturated heterocycles. The van der Waals surface area contributed by atoms with E-state index in [0.717, 1.165) is 11.1 Å². The van der Waals surface area contributed by atoms with Crippen molar-refractivity contribution in [2.24, 2.45) is 0 Å². The summed E-state index contributed by atoms with van der Waals surface area (Å²) in [5.74, 6) is -2.17. The summed E-state index contributed by atoms with van der Waals surface area (Å²) in [6, 6.07) is 18.4. The van der Waals surface area contributed by atoms with Crippen molar-refractivity contribution in [1.29, 1.82) is 0 Å². The third-order valence-electron chi connectivity index (χ3n) is 4.22. The third kappa shape index (κ3) is 10.0. The first kappa shape index (κ1) is 23.6. The lowest BCUT2D eigenvalue weighted by Crippen LogP contribution is -2.49. The maximum absolute atomic E-state index is 12.2. The van der Waals surface area contributed by atoms with Crippen LogP contribution in [0.2, 0.25) is 0 Å². The fourth-order valence-corrected chi connectivity index (χ4v) is 2.69. The molecule has 2 aromatic rings. The Bertz CT molecular complexity index is 816. The van der Waals surface area contributed by atoms with Crippen LogP contribution in [0.3, 0.4) is 0 Å². The number of nitrogens with zero attached hydrogens (tertiary/aromatic N) is 1. The number of hydrogen-bond acceptors (Lipinski definition) is 5. The van der Waals surface area contributed by atoms with Crippen molar-refractivity contribution in [3.63, 3.8) is 0 Å². The van der Waals surface area contributed by atoms with Crippen LogP contribution in [0.4, 0.5) is 0 Å². The van der Waals surface area contributed by atoms with Gasteiger partial charge in [0.2, 0.25) is 17.7 Å². The molecule has 0 saturated carbocycles. The quantitative estimate of drug-likeness (QED) is 0.357. The van der Waals surface area contributed by atoms with Crippen LogP contribution < -0.4 is 16.0 Å². The molecule has 164 valence electrons. The van der Waals surface area contributed by atoms with Crippen LogP contribution in [0.15, 0.2) is 60.7 Å². The number of carboxylic acid groups (broad SMARTS) is 1. The molecule has 9 heteroatoms. The van der Waals surface area contributed by atoms with E-state index in [2.05, 4.69) is 16.0 Å². The van der Waals surface area contributed by atoms with E-state index in [1.807, 2.05) is 60.7 Å². The highest BCUT2D eigenvalue weighted by atomic mass is 16.4. The number of benzene rings is 2. The van der Waals surface area contributed by atoms with E-state index in [4.69, 9.17) is 5.11 Å². The molecule has 0 aliphatic rings. The van der Waals surface area contributed by atoms with Crippen LogP contribution in [-0.2, 0) is 32.0 Å². The van der Waals surface area contributed by atoms with E-state index in [1.165, 1.54) is 4.90 Å². The molecule has 0 bridgehead atoms. The predicted octanol–water partition coefficient (Wildman–Crippen LogP) is 0.122. The average Bonchev–Trinajstić information content (AvgIpc) is 2.75. The van der Waals surface area contributed by atoms with Crippen LogP contribution in [-0.4, -0.2) is 60.1 Å². The maximum Gasteiger partial charge on any atom is 0.322 e. The second-order valence-electron chi connectivity index (χ2n) is 6.84. The normalized spacial score (nSPS) is 10.4. The Kier molecular flexibility index (Phi) is 9.70. The van der Waals surface area contributed by atoms with Gasteiger partial charge in [0.1, 0.15) is 6.54 Å². The fourth-order valence-electron chi connectivity index (χ4n) is 2.69. The van der Waals surface area contributed by atoms with Gasteiger partial charge < -0.3 is 21.1 Å². The van der Waals surface area contributed by atoms with E-state index in [1.54, 1.807) is 0 Å². The Balaban J connectivity index is 1.86. The lowest BCUT2D eigenvalue weighted by Gasteiger charge is -2.22. The van der Waals surface area contributed by atoms with Gasteiger partial charge in [0.05, 0.1) is 32.7 Å². The van der Waals surface area contributed by atoms with E-state index >= 15 is 0 Å². The van der Waals surface area contributed by atoms with Crippen molar-refractivity contribution in [3.8, 4) is 0 Å². The molecular weight excluding hydrogens is 400 g/mol. The molecule has 4 N–H and O–H groups in total. The maximum atomic E-state index is 12.2. The SMILES string of the molecule is O=C(O)CNC(=O)CN(CNC(=O)Cc1ccccc1)CNC(=O)Cc1ccccc1. The van der Waals surface area contributed by atoms with Crippen molar-refractivity contribution < 1.29 is 24.3 Å². The number of carbonyl (C=O) groups excluding carboxylic acids is 3. The van der Waals surface area contributed by atoms with Gasteiger partial charge in [-0.05, 0) is 11.1 Å². The molecule has 2 rings (SSSR count). The van der Waals surface area contributed by atoms with E-state index in [9.17, 15) is 19.2 Å². The monoisotopic (exact) mass is 426 g/mol. The molecule has 31 heavy (non-hydrogen) atoms. The minimum absolute atomic E-state index is 0.0117. The largest absolute Gasteiger partial charge is 0.480 e. The molecule has 3 amide bonds. The molecule has 0 heterocycles. The highest BCUT2D eigenvalue weighted by Crippen LogP contribution is 2.00. The summed E-state index contributed by atoms with van der Waals surface area (Å²) in [5.41, 5.74) is 1.70. The minimum Gasteiger partial charge on any atom is -0.480 e. The molecular formula is C22H26N4O5. The second kappa shape index (κ2) is 12.8. The summed E-state index contributed by atoms with van der Waals surface area (Å²) in [6.45, 7) is -0.673. The summed E-state index contributed by atoms with van der Waals surface area (Å²) in [7, 11) is 0. The average molecular weight is 426 g/mol. The van der Waals surface area contributed by atoms with Gasteiger partial charge in [-0.1, -0.05) is 60.7 Å². The smallest absolute Gasteiger partial charge is 0.322 e. The summed E-state index contributed by atoms with van der Waals surface area (Å²) < 4.78 is 0. The Morgan fingerprint density at radius 3 is 1.55 bits per heavy atom. The van der Waals surface area contributed by atoms with E-state index in [0.29, 0.717) is 0 Å². The first-order chi connectivity index (χ1) is 14.9. The lowest BCUT2D eigenvalue weighted by atomic mass is 10.1. The van der Waals surface area contributed by atoms with E-state index in [-0.39, 0.29) is 44.5 Å². The topological polar surface area (TPSA) is 128 Å². The number of carbonyl (C=O) groups is 4.